The van der Waals surface area contributed by atoms with Crippen LogP contribution in [0.1, 0.15) is 130 Å². The van der Waals surface area contributed by atoms with Crippen molar-refractivity contribution in [1.82, 2.24) is 0 Å². The van der Waals surface area contributed by atoms with Gasteiger partial charge >= 0.3 is 5.97 Å². The van der Waals surface area contributed by atoms with Gasteiger partial charge < -0.3 is 5.11 Å². The van der Waals surface area contributed by atoms with Crippen molar-refractivity contribution in [1.29, 1.82) is 0 Å². The number of hydrogen-bond donors (Lipinski definition) is 1. The van der Waals surface area contributed by atoms with Gasteiger partial charge in [0.15, 0.2) is 0 Å². The molecule has 0 amide bonds. The highest BCUT2D eigenvalue weighted by Gasteiger charge is 2.06. The van der Waals surface area contributed by atoms with Gasteiger partial charge in [0.1, 0.15) is 0 Å². The van der Waals surface area contributed by atoms with E-state index in [1.54, 1.807) is 6.92 Å². The molecule has 1 atom stereocenters. The summed E-state index contributed by atoms with van der Waals surface area (Å²) in [6.45, 7) is 6.20. The average molecular weight is 367 g/mol. The highest BCUT2D eigenvalue weighted by atomic mass is 16.4. The Morgan fingerprint density at radius 2 is 1.19 bits per heavy atom. The maximum atomic E-state index is 10.8. The van der Waals surface area contributed by atoms with Crippen LogP contribution in [0, 0.1) is 5.92 Å². The van der Waals surface area contributed by atoms with Crippen LogP contribution < -0.4 is 0 Å². The Morgan fingerprint density at radius 3 is 1.58 bits per heavy atom. The van der Waals surface area contributed by atoms with E-state index in [0.29, 0.717) is 11.5 Å². The highest BCUT2D eigenvalue weighted by Crippen LogP contribution is 2.20. The van der Waals surface area contributed by atoms with Gasteiger partial charge in [-0.3, -0.25) is 0 Å². The maximum Gasteiger partial charge on any atom is 0.330 e. The zero-order valence-electron chi connectivity index (χ0n) is 18.0. The molecular weight excluding hydrogens is 320 g/mol. The first-order valence-electron chi connectivity index (χ1n) is 11.5. The normalized spacial score (nSPS) is 13.1. The molecule has 0 radical (unpaired) electrons. The SMILES string of the molecule is CCCCCCCCCCCCCCCCC(CC)CC=C(C)C(=O)O. The Bertz CT molecular complexity index is 346. The number of carboxylic acids is 1. The number of hydrogen-bond acceptors (Lipinski definition) is 1. The van der Waals surface area contributed by atoms with Crippen molar-refractivity contribution < 1.29 is 9.90 Å². The molecule has 2 heteroatoms. The molecule has 154 valence electrons. The van der Waals surface area contributed by atoms with Crippen molar-refractivity contribution in [3.8, 4) is 0 Å². The fourth-order valence-electron chi connectivity index (χ4n) is 3.55. The lowest BCUT2D eigenvalue weighted by atomic mass is 9.94. The largest absolute Gasteiger partial charge is 0.478 e. The van der Waals surface area contributed by atoms with Crippen LogP contribution in [0.2, 0.25) is 0 Å². The van der Waals surface area contributed by atoms with Crippen molar-refractivity contribution >= 4 is 5.97 Å². The third-order valence-electron chi connectivity index (χ3n) is 5.64. The van der Waals surface area contributed by atoms with E-state index in [1.165, 1.54) is 96.3 Å². The van der Waals surface area contributed by atoms with Crippen molar-refractivity contribution in [3.05, 3.63) is 11.6 Å². The van der Waals surface area contributed by atoms with E-state index in [0.717, 1.165) is 12.8 Å². The molecule has 0 bridgehead atoms. The lowest BCUT2D eigenvalue weighted by Gasteiger charge is -2.12. The summed E-state index contributed by atoms with van der Waals surface area (Å²) >= 11 is 0. The topological polar surface area (TPSA) is 37.3 Å². The minimum absolute atomic E-state index is 0.490. The van der Waals surface area contributed by atoms with Crippen LogP contribution in [-0.2, 0) is 4.79 Å². The lowest BCUT2D eigenvalue weighted by Crippen LogP contribution is -2.01. The maximum absolute atomic E-state index is 10.8. The minimum atomic E-state index is -0.781. The van der Waals surface area contributed by atoms with Crippen molar-refractivity contribution in [2.45, 2.75) is 130 Å². The molecule has 0 aliphatic heterocycles. The van der Waals surface area contributed by atoms with Crippen LogP contribution in [0.4, 0.5) is 0 Å². The fourth-order valence-corrected chi connectivity index (χ4v) is 3.55. The number of allylic oxidation sites excluding steroid dienone is 1. The monoisotopic (exact) mass is 366 g/mol. The summed E-state index contributed by atoms with van der Waals surface area (Å²) in [5.74, 6) is -0.127. The quantitative estimate of drug-likeness (QED) is 0.184. The van der Waals surface area contributed by atoms with Gasteiger partial charge in [-0.05, 0) is 19.3 Å². The molecule has 2 nitrogen and oxygen atoms in total. The first-order valence-corrected chi connectivity index (χ1v) is 11.5. The van der Waals surface area contributed by atoms with E-state index in [-0.39, 0.29) is 0 Å². The van der Waals surface area contributed by atoms with Crippen molar-refractivity contribution in [2.24, 2.45) is 5.92 Å². The fraction of sp³-hybridized carbons (Fsp3) is 0.875. The molecule has 0 aromatic rings. The molecule has 0 aromatic carbocycles. The van der Waals surface area contributed by atoms with Crippen LogP contribution in [-0.4, -0.2) is 11.1 Å². The third kappa shape index (κ3) is 16.7. The predicted octanol–water partition coefficient (Wildman–Crippen LogP) is 8.31. The standard InChI is InChI=1S/C24H46O2/c1-4-6-7-8-9-10-11-12-13-14-15-16-17-18-19-23(5-2)21-20-22(3)24(25)26/h20,23H,4-19,21H2,1-3H3,(H,25,26). The van der Waals surface area contributed by atoms with E-state index in [4.69, 9.17) is 5.11 Å². The first kappa shape index (κ1) is 25.2. The molecule has 0 fully saturated rings. The zero-order chi connectivity index (χ0) is 19.5. The van der Waals surface area contributed by atoms with E-state index >= 15 is 0 Å². The molecule has 0 spiro atoms. The van der Waals surface area contributed by atoms with Crippen LogP contribution >= 0.6 is 0 Å². The second kappa shape index (κ2) is 19.0. The van der Waals surface area contributed by atoms with Crippen LogP contribution in [0.25, 0.3) is 0 Å². The molecular formula is C24H46O2. The predicted molar refractivity (Wildman–Crippen MR) is 115 cm³/mol. The number of carbonyl (C=O) groups is 1. The lowest BCUT2D eigenvalue weighted by molar-refractivity contribution is -0.132. The second-order valence-electron chi connectivity index (χ2n) is 8.09. The first-order chi connectivity index (χ1) is 12.6. The Balaban J connectivity index is 3.39. The summed E-state index contributed by atoms with van der Waals surface area (Å²) in [4.78, 5) is 10.8. The third-order valence-corrected chi connectivity index (χ3v) is 5.64. The summed E-state index contributed by atoms with van der Waals surface area (Å²) in [6, 6.07) is 0. The van der Waals surface area contributed by atoms with E-state index < -0.39 is 5.97 Å². The molecule has 0 saturated carbocycles. The molecule has 1 N–H and O–H groups in total. The Morgan fingerprint density at radius 1 is 0.769 bits per heavy atom. The Kier molecular flexibility index (Phi) is 18.4. The highest BCUT2D eigenvalue weighted by molar-refractivity contribution is 5.85. The Hall–Kier alpha value is -0.790. The van der Waals surface area contributed by atoms with Crippen molar-refractivity contribution in [3.63, 3.8) is 0 Å². The minimum Gasteiger partial charge on any atom is -0.478 e. The van der Waals surface area contributed by atoms with Gasteiger partial charge in [0.25, 0.3) is 0 Å². The molecule has 26 heavy (non-hydrogen) atoms. The molecule has 0 aromatic heterocycles. The van der Waals surface area contributed by atoms with E-state index in [9.17, 15) is 4.79 Å². The van der Waals surface area contributed by atoms with Gasteiger partial charge in [0.05, 0.1) is 0 Å². The van der Waals surface area contributed by atoms with Gasteiger partial charge in [0, 0.05) is 5.57 Å². The van der Waals surface area contributed by atoms with Gasteiger partial charge in [-0.25, -0.2) is 4.79 Å². The molecule has 0 heterocycles. The van der Waals surface area contributed by atoms with Crippen LogP contribution in [0.3, 0.4) is 0 Å². The average Bonchev–Trinajstić information content (AvgIpc) is 2.64. The summed E-state index contributed by atoms with van der Waals surface area (Å²) in [5.41, 5.74) is 0.490. The second-order valence-corrected chi connectivity index (χ2v) is 8.09. The van der Waals surface area contributed by atoms with Gasteiger partial charge in [-0.2, -0.15) is 0 Å². The number of carboxylic acid groups (broad SMARTS) is 1. The molecule has 0 saturated heterocycles. The zero-order valence-corrected chi connectivity index (χ0v) is 18.0. The van der Waals surface area contributed by atoms with Crippen LogP contribution in [0.15, 0.2) is 11.6 Å². The van der Waals surface area contributed by atoms with Gasteiger partial charge in [-0.15, -0.1) is 0 Å². The summed E-state index contributed by atoms with van der Waals surface area (Å²) < 4.78 is 0. The number of rotatable bonds is 19. The number of aliphatic carboxylic acids is 1. The van der Waals surface area contributed by atoms with Gasteiger partial charge in [-0.1, -0.05) is 123 Å². The molecule has 1 unspecified atom stereocenters. The van der Waals surface area contributed by atoms with E-state index in [1.807, 2.05) is 6.08 Å². The molecule has 0 aliphatic carbocycles. The summed E-state index contributed by atoms with van der Waals surface area (Å²) in [6.07, 6.45) is 24.9. The van der Waals surface area contributed by atoms with E-state index in [2.05, 4.69) is 13.8 Å². The summed E-state index contributed by atoms with van der Waals surface area (Å²) in [5, 5.41) is 8.91. The number of unbranched alkanes of at least 4 members (excludes halogenated alkanes) is 13. The summed E-state index contributed by atoms with van der Waals surface area (Å²) in [7, 11) is 0. The molecule has 0 rings (SSSR count). The smallest absolute Gasteiger partial charge is 0.330 e. The van der Waals surface area contributed by atoms with Crippen molar-refractivity contribution in [2.75, 3.05) is 0 Å². The Labute approximate surface area is 163 Å². The van der Waals surface area contributed by atoms with Crippen LogP contribution in [0.5, 0.6) is 0 Å². The van der Waals surface area contributed by atoms with Gasteiger partial charge in [0.2, 0.25) is 0 Å². The molecule has 0 aliphatic rings.